The van der Waals surface area contributed by atoms with Gasteiger partial charge in [0.05, 0.1) is 5.69 Å². The minimum atomic E-state index is -3.67. The molecule has 4 nitrogen and oxygen atoms in total. The molecule has 1 aromatic rings. The van der Waals surface area contributed by atoms with Gasteiger partial charge in [-0.25, -0.2) is 12.8 Å². The Bertz CT molecular complexity index is 523. The van der Waals surface area contributed by atoms with Gasteiger partial charge in [0.25, 0.3) is 0 Å². The highest BCUT2D eigenvalue weighted by Gasteiger charge is 2.27. The Balaban J connectivity index is 2.37. The van der Waals surface area contributed by atoms with Crippen LogP contribution in [0.1, 0.15) is 25.7 Å². The Morgan fingerprint density at radius 3 is 2.33 bits per heavy atom. The summed E-state index contributed by atoms with van der Waals surface area (Å²) in [7, 11) is -3.67. The van der Waals surface area contributed by atoms with Crippen LogP contribution in [-0.4, -0.2) is 25.8 Å². The average molecular weight is 272 g/mol. The molecule has 1 aliphatic rings. The van der Waals surface area contributed by atoms with Gasteiger partial charge in [0.1, 0.15) is 10.7 Å². The van der Waals surface area contributed by atoms with Gasteiger partial charge in [-0.2, -0.15) is 4.31 Å². The maximum Gasteiger partial charge on any atom is 0.245 e. The van der Waals surface area contributed by atoms with E-state index >= 15 is 0 Å². The molecule has 0 aromatic heterocycles. The number of nitrogens with two attached hydrogens (primary N) is 1. The van der Waals surface area contributed by atoms with Crippen molar-refractivity contribution in [3.63, 3.8) is 0 Å². The minimum absolute atomic E-state index is 0.0978. The van der Waals surface area contributed by atoms with Crippen molar-refractivity contribution >= 4 is 15.7 Å². The van der Waals surface area contributed by atoms with Crippen molar-refractivity contribution < 1.29 is 12.8 Å². The molecule has 1 fully saturated rings. The van der Waals surface area contributed by atoms with E-state index in [1.807, 2.05) is 0 Å². The zero-order valence-corrected chi connectivity index (χ0v) is 10.9. The number of hydrogen-bond acceptors (Lipinski definition) is 3. The highest BCUT2D eigenvalue weighted by atomic mass is 32.2. The zero-order valence-electron chi connectivity index (χ0n) is 10.1. The number of rotatable bonds is 2. The third-order valence-corrected chi connectivity index (χ3v) is 5.11. The second kappa shape index (κ2) is 5.24. The average Bonchev–Trinajstić information content (AvgIpc) is 2.61. The zero-order chi connectivity index (χ0) is 13.2. The number of anilines is 1. The molecule has 0 atom stereocenters. The van der Waals surface area contributed by atoms with Gasteiger partial charge in [0.2, 0.25) is 10.0 Å². The van der Waals surface area contributed by atoms with Crippen LogP contribution in [-0.2, 0) is 10.0 Å². The van der Waals surface area contributed by atoms with Crippen molar-refractivity contribution in [1.29, 1.82) is 0 Å². The number of nitrogen functional groups attached to an aromatic ring is 1. The number of hydrogen-bond donors (Lipinski definition) is 1. The first-order valence-electron chi connectivity index (χ1n) is 6.07. The van der Waals surface area contributed by atoms with E-state index < -0.39 is 15.8 Å². The molecule has 0 radical (unpaired) electrons. The Hall–Kier alpha value is -1.14. The third kappa shape index (κ3) is 2.64. The summed E-state index contributed by atoms with van der Waals surface area (Å²) in [4.78, 5) is -0.121. The molecule has 0 saturated carbocycles. The molecule has 100 valence electrons. The van der Waals surface area contributed by atoms with Gasteiger partial charge < -0.3 is 5.73 Å². The smallest absolute Gasteiger partial charge is 0.245 e. The molecule has 0 spiro atoms. The van der Waals surface area contributed by atoms with Crippen LogP contribution in [0.25, 0.3) is 0 Å². The summed E-state index contributed by atoms with van der Waals surface area (Å²) >= 11 is 0. The molecule has 2 rings (SSSR count). The van der Waals surface area contributed by atoms with E-state index in [4.69, 9.17) is 5.73 Å². The van der Waals surface area contributed by atoms with Crippen molar-refractivity contribution in [2.45, 2.75) is 30.6 Å². The maximum absolute atomic E-state index is 13.2. The second-order valence-corrected chi connectivity index (χ2v) is 6.41. The molecule has 18 heavy (non-hydrogen) atoms. The van der Waals surface area contributed by atoms with Crippen LogP contribution >= 0.6 is 0 Å². The van der Waals surface area contributed by atoms with Crippen LogP contribution in [0.5, 0.6) is 0 Å². The van der Waals surface area contributed by atoms with Crippen molar-refractivity contribution in [3.8, 4) is 0 Å². The molecule has 1 aromatic carbocycles. The Morgan fingerprint density at radius 2 is 1.72 bits per heavy atom. The molecule has 1 saturated heterocycles. The van der Waals surface area contributed by atoms with Gasteiger partial charge in [-0.05, 0) is 31.0 Å². The standard InChI is InChI=1S/C12H17FN2O2S/c13-10-5-6-11(14)12(9-10)18(16,17)15-7-3-1-2-4-8-15/h5-6,9H,1-4,7-8,14H2. The predicted octanol–water partition coefficient (Wildman–Crippen LogP) is 1.97. The maximum atomic E-state index is 13.2. The van der Waals surface area contributed by atoms with E-state index in [9.17, 15) is 12.8 Å². The molecule has 6 heteroatoms. The lowest BCUT2D eigenvalue weighted by Crippen LogP contribution is -2.32. The summed E-state index contributed by atoms with van der Waals surface area (Å²) in [6.07, 6.45) is 3.75. The molecule has 1 heterocycles. The fourth-order valence-corrected chi connectivity index (χ4v) is 3.80. The van der Waals surface area contributed by atoms with Crippen LogP contribution in [0.2, 0.25) is 0 Å². The van der Waals surface area contributed by atoms with Crippen LogP contribution in [0.3, 0.4) is 0 Å². The van der Waals surface area contributed by atoms with Crippen LogP contribution in [0.4, 0.5) is 10.1 Å². The first kappa shape index (κ1) is 13.3. The van der Waals surface area contributed by atoms with E-state index in [0.717, 1.165) is 37.8 Å². The van der Waals surface area contributed by atoms with Crippen LogP contribution in [0, 0.1) is 5.82 Å². The summed E-state index contributed by atoms with van der Waals surface area (Å²) in [5.41, 5.74) is 5.75. The molecule has 0 bridgehead atoms. The summed E-state index contributed by atoms with van der Waals surface area (Å²) in [5.74, 6) is -0.586. The SMILES string of the molecule is Nc1ccc(F)cc1S(=O)(=O)N1CCCCCC1. The van der Waals surface area contributed by atoms with E-state index in [0.29, 0.717) is 13.1 Å². The largest absolute Gasteiger partial charge is 0.398 e. The van der Waals surface area contributed by atoms with Gasteiger partial charge in [-0.15, -0.1) is 0 Å². The van der Waals surface area contributed by atoms with E-state index in [1.54, 1.807) is 0 Å². The number of halogens is 1. The molecular weight excluding hydrogens is 255 g/mol. The molecule has 2 N–H and O–H groups in total. The van der Waals surface area contributed by atoms with Crippen molar-refractivity contribution in [2.75, 3.05) is 18.8 Å². The molecular formula is C12H17FN2O2S. The Labute approximate surface area is 107 Å². The first-order chi connectivity index (χ1) is 8.51. The number of nitrogens with zero attached hydrogens (tertiary/aromatic N) is 1. The summed E-state index contributed by atoms with van der Waals surface area (Å²) < 4.78 is 39.4. The predicted molar refractivity (Wildman–Crippen MR) is 68.0 cm³/mol. The minimum Gasteiger partial charge on any atom is -0.398 e. The lowest BCUT2D eigenvalue weighted by molar-refractivity contribution is 0.423. The quantitative estimate of drug-likeness (QED) is 0.837. The van der Waals surface area contributed by atoms with Gasteiger partial charge in [-0.1, -0.05) is 12.8 Å². The highest BCUT2D eigenvalue weighted by molar-refractivity contribution is 7.89. The van der Waals surface area contributed by atoms with Gasteiger partial charge in [0.15, 0.2) is 0 Å². The lowest BCUT2D eigenvalue weighted by Gasteiger charge is -2.20. The fourth-order valence-electron chi connectivity index (χ4n) is 2.15. The van der Waals surface area contributed by atoms with Crippen molar-refractivity contribution in [3.05, 3.63) is 24.0 Å². The molecule has 1 aliphatic heterocycles. The second-order valence-electron chi connectivity index (χ2n) is 4.50. The van der Waals surface area contributed by atoms with E-state index in [1.165, 1.54) is 10.4 Å². The summed E-state index contributed by atoms with van der Waals surface area (Å²) in [5, 5.41) is 0. The first-order valence-corrected chi connectivity index (χ1v) is 7.51. The van der Waals surface area contributed by atoms with Gasteiger partial charge in [-0.3, -0.25) is 0 Å². The summed E-state index contributed by atoms with van der Waals surface area (Å²) in [6.45, 7) is 0.969. The topological polar surface area (TPSA) is 63.4 Å². The normalized spacial score (nSPS) is 18.5. The highest BCUT2D eigenvalue weighted by Crippen LogP contribution is 2.25. The Kier molecular flexibility index (Phi) is 3.87. The lowest BCUT2D eigenvalue weighted by atomic mass is 10.2. The monoisotopic (exact) mass is 272 g/mol. The van der Waals surface area contributed by atoms with Crippen LogP contribution < -0.4 is 5.73 Å². The third-order valence-electron chi connectivity index (χ3n) is 3.16. The van der Waals surface area contributed by atoms with Gasteiger partial charge >= 0.3 is 0 Å². The van der Waals surface area contributed by atoms with Gasteiger partial charge in [0, 0.05) is 13.1 Å². The van der Waals surface area contributed by atoms with E-state index in [2.05, 4.69) is 0 Å². The molecule has 0 unspecified atom stereocenters. The fraction of sp³-hybridized carbons (Fsp3) is 0.500. The van der Waals surface area contributed by atoms with Crippen molar-refractivity contribution in [1.82, 2.24) is 4.31 Å². The van der Waals surface area contributed by atoms with E-state index in [-0.39, 0.29) is 10.6 Å². The summed E-state index contributed by atoms with van der Waals surface area (Å²) in [6, 6.07) is 3.45. The number of sulfonamides is 1. The van der Waals surface area contributed by atoms with Crippen LogP contribution in [0.15, 0.2) is 23.1 Å². The Morgan fingerprint density at radius 1 is 1.11 bits per heavy atom. The molecule has 0 aliphatic carbocycles. The number of benzene rings is 1. The van der Waals surface area contributed by atoms with Crippen molar-refractivity contribution in [2.24, 2.45) is 0 Å². The molecule has 0 amide bonds.